The van der Waals surface area contributed by atoms with E-state index in [2.05, 4.69) is 15.9 Å². The van der Waals surface area contributed by atoms with Crippen LogP contribution in [0.3, 0.4) is 0 Å². The van der Waals surface area contributed by atoms with Crippen molar-refractivity contribution >= 4 is 37.3 Å². The van der Waals surface area contributed by atoms with Gasteiger partial charge >= 0.3 is 0 Å². The van der Waals surface area contributed by atoms with Crippen LogP contribution in [0.5, 0.6) is 0 Å². The van der Waals surface area contributed by atoms with Crippen molar-refractivity contribution in [2.75, 3.05) is 7.05 Å². The van der Waals surface area contributed by atoms with E-state index in [4.69, 9.17) is 0 Å². The second-order valence-corrected chi connectivity index (χ2v) is 7.95. The molecule has 0 aliphatic rings. The van der Waals surface area contributed by atoms with Gasteiger partial charge < -0.3 is 0 Å². The average Bonchev–Trinajstić information content (AvgIpc) is 2.79. The van der Waals surface area contributed by atoms with Gasteiger partial charge in [-0.2, -0.15) is 4.31 Å². The Labute approximate surface area is 123 Å². The van der Waals surface area contributed by atoms with Crippen LogP contribution in [0.1, 0.15) is 5.56 Å². The minimum Gasteiger partial charge on any atom is -0.207 e. The van der Waals surface area contributed by atoms with Crippen LogP contribution in [-0.4, -0.2) is 19.8 Å². The third-order valence-corrected chi connectivity index (χ3v) is 7.00. The van der Waals surface area contributed by atoms with E-state index >= 15 is 0 Å². The lowest BCUT2D eigenvalue weighted by Crippen LogP contribution is -2.26. The Kier molecular flexibility index (Phi) is 4.39. The first kappa shape index (κ1) is 14.6. The van der Waals surface area contributed by atoms with Gasteiger partial charge in [0.15, 0.2) is 0 Å². The SMILES string of the molecule is CN(Cc1ccc(F)cc1)S(=O)(=O)c1sccc1Br. The standard InChI is InChI=1S/C12H11BrFNO2S2/c1-15(8-9-2-4-10(14)5-3-9)19(16,17)12-11(13)6-7-18-12/h2-7H,8H2,1H3. The highest BCUT2D eigenvalue weighted by atomic mass is 79.9. The molecule has 0 saturated heterocycles. The summed E-state index contributed by atoms with van der Waals surface area (Å²) >= 11 is 4.38. The van der Waals surface area contributed by atoms with E-state index in [0.717, 1.165) is 16.9 Å². The zero-order chi connectivity index (χ0) is 14.0. The van der Waals surface area contributed by atoms with Gasteiger partial charge in [0.1, 0.15) is 10.0 Å². The van der Waals surface area contributed by atoms with E-state index in [1.54, 1.807) is 23.6 Å². The minimum absolute atomic E-state index is 0.201. The monoisotopic (exact) mass is 363 g/mol. The number of halogens is 2. The molecule has 0 aliphatic heterocycles. The summed E-state index contributed by atoms with van der Waals surface area (Å²) in [5, 5.41) is 1.71. The van der Waals surface area contributed by atoms with E-state index in [0.29, 0.717) is 4.47 Å². The fourth-order valence-electron chi connectivity index (χ4n) is 1.54. The quantitative estimate of drug-likeness (QED) is 0.833. The molecule has 0 spiro atoms. The first-order valence-corrected chi connectivity index (χ1v) is 8.46. The molecule has 3 nitrogen and oxygen atoms in total. The fourth-order valence-corrected chi connectivity index (χ4v) is 5.20. The highest BCUT2D eigenvalue weighted by molar-refractivity contribution is 9.10. The molecule has 0 saturated carbocycles. The summed E-state index contributed by atoms with van der Waals surface area (Å²) in [6.07, 6.45) is 0. The number of nitrogens with zero attached hydrogens (tertiary/aromatic N) is 1. The number of thiophene rings is 1. The molecule has 19 heavy (non-hydrogen) atoms. The molecule has 0 N–H and O–H groups in total. The van der Waals surface area contributed by atoms with Crippen molar-refractivity contribution < 1.29 is 12.8 Å². The number of sulfonamides is 1. The predicted octanol–water partition coefficient (Wildman–Crippen LogP) is 3.47. The van der Waals surface area contributed by atoms with Gasteiger partial charge in [-0.1, -0.05) is 12.1 Å². The van der Waals surface area contributed by atoms with Crippen molar-refractivity contribution in [2.24, 2.45) is 0 Å². The Morgan fingerprint density at radius 3 is 2.42 bits per heavy atom. The van der Waals surface area contributed by atoms with Crippen molar-refractivity contribution in [1.82, 2.24) is 4.31 Å². The molecule has 102 valence electrons. The van der Waals surface area contributed by atoms with Crippen molar-refractivity contribution in [3.8, 4) is 0 Å². The predicted molar refractivity (Wildman–Crippen MR) is 77.1 cm³/mol. The average molecular weight is 364 g/mol. The summed E-state index contributed by atoms with van der Waals surface area (Å²) in [5.41, 5.74) is 0.736. The van der Waals surface area contributed by atoms with Gasteiger partial charge in [0.05, 0.1) is 0 Å². The number of hydrogen-bond donors (Lipinski definition) is 0. The number of rotatable bonds is 4. The Balaban J connectivity index is 2.22. The highest BCUT2D eigenvalue weighted by Crippen LogP contribution is 2.30. The van der Waals surface area contributed by atoms with Crippen LogP contribution in [0.4, 0.5) is 4.39 Å². The second kappa shape index (κ2) is 5.70. The Bertz CT molecular complexity index is 667. The molecule has 2 rings (SSSR count). The molecule has 1 aromatic carbocycles. The third-order valence-electron chi connectivity index (χ3n) is 2.55. The normalized spacial score (nSPS) is 12.0. The topological polar surface area (TPSA) is 37.4 Å². The molecule has 0 bridgehead atoms. The van der Waals surface area contributed by atoms with Crippen LogP contribution < -0.4 is 0 Å². The van der Waals surface area contributed by atoms with E-state index in [1.807, 2.05) is 0 Å². The highest BCUT2D eigenvalue weighted by Gasteiger charge is 2.24. The fraction of sp³-hybridized carbons (Fsp3) is 0.167. The lowest BCUT2D eigenvalue weighted by Gasteiger charge is -2.16. The van der Waals surface area contributed by atoms with Gasteiger partial charge in [-0.25, -0.2) is 12.8 Å². The van der Waals surface area contributed by atoms with Crippen LogP contribution >= 0.6 is 27.3 Å². The molecule has 0 amide bonds. The van der Waals surface area contributed by atoms with E-state index in [9.17, 15) is 12.8 Å². The summed E-state index contributed by atoms with van der Waals surface area (Å²) in [4.78, 5) is 0. The molecule has 7 heteroatoms. The van der Waals surface area contributed by atoms with Crippen molar-refractivity contribution in [3.05, 3.63) is 51.6 Å². The van der Waals surface area contributed by atoms with Crippen LogP contribution in [0, 0.1) is 5.82 Å². The summed E-state index contributed by atoms with van der Waals surface area (Å²) in [6.45, 7) is 0.201. The smallest absolute Gasteiger partial charge is 0.207 e. The molecule has 0 radical (unpaired) electrons. The third kappa shape index (κ3) is 3.22. The maximum Gasteiger partial charge on any atom is 0.253 e. The van der Waals surface area contributed by atoms with Gasteiger partial charge in [-0.05, 0) is 45.1 Å². The molecule has 0 fully saturated rings. The number of benzene rings is 1. The second-order valence-electron chi connectivity index (χ2n) is 3.94. The zero-order valence-corrected chi connectivity index (χ0v) is 13.2. The summed E-state index contributed by atoms with van der Waals surface area (Å²) in [5.74, 6) is -0.338. The molecular formula is C12H11BrFNO2S2. The van der Waals surface area contributed by atoms with Gasteiger partial charge in [-0.15, -0.1) is 11.3 Å². The first-order chi connectivity index (χ1) is 8.91. The molecule has 1 aromatic heterocycles. The Morgan fingerprint density at radius 1 is 1.26 bits per heavy atom. The van der Waals surface area contributed by atoms with Crippen molar-refractivity contribution in [3.63, 3.8) is 0 Å². The molecule has 1 heterocycles. The first-order valence-electron chi connectivity index (χ1n) is 5.35. The molecular weight excluding hydrogens is 353 g/mol. The van der Waals surface area contributed by atoms with E-state index in [1.165, 1.54) is 23.5 Å². The molecule has 2 aromatic rings. The minimum atomic E-state index is -3.52. The lowest BCUT2D eigenvalue weighted by molar-refractivity contribution is 0.468. The van der Waals surface area contributed by atoms with Gasteiger partial charge in [0.25, 0.3) is 10.0 Å². The summed E-state index contributed by atoms with van der Waals surface area (Å²) in [6, 6.07) is 7.48. The Morgan fingerprint density at radius 2 is 1.89 bits per heavy atom. The number of hydrogen-bond acceptors (Lipinski definition) is 3. The van der Waals surface area contributed by atoms with E-state index < -0.39 is 10.0 Å². The van der Waals surface area contributed by atoms with Crippen LogP contribution in [0.15, 0.2) is 44.4 Å². The molecule has 0 aliphatic carbocycles. The lowest BCUT2D eigenvalue weighted by atomic mass is 10.2. The van der Waals surface area contributed by atoms with E-state index in [-0.39, 0.29) is 16.6 Å². The summed E-state index contributed by atoms with van der Waals surface area (Å²) in [7, 11) is -2.02. The van der Waals surface area contributed by atoms with Gasteiger partial charge in [0.2, 0.25) is 0 Å². The van der Waals surface area contributed by atoms with Crippen LogP contribution in [0.2, 0.25) is 0 Å². The summed E-state index contributed by atoms with van der Waals surface area (Å²) < 4.78 is 39.5. The Hall–Kier alpha value is -0.760. The zero-order valence-electron chi connectivity index (χ0n) is 10.0. The largest absolute Gasteiger partial charge is 0.253 e. The molecule has 0 unspecified atom stereocenters. The van der Waals surface area contributed by atoms with Gasteiger partial charge in [-0.3, -0.25) is 0 Å². The van der Waals surface area contributed by atoms with Crippen LogP contribution in [-0.2, 0) is 16.6 Å². The van der Waals surface area contributed by atoms with Crippen molar-refractivity contribution in [1.29, 1.82) is 0 Å². The maximum atomic E-state index is 12.8. The van der Waals surface area contributed by atoms with Gasteiger partial charge in [0, 0.05) is 18.1 Å². The van der Waals surface area contributed by atoms with Crippen LogP contribution in [0.25, 0.3) is 0 Å². The molecule has 0 atom stereocenters. The maximum absolute atomic E-state index is 12.8. The van der Waals surface area contributed by atoms with Crippen molar-refractivity contribution in [2.45, 2.75) is 10.8 Å².